The molecule has 1 amide bonds. The third kappa shape index (κ3) is 3.20. The van der Waals surface area contributed by atoms with Gasteiger partial charge in [-0.05, 0) is 18.6 Å². The molecule has 0 N–H and O–H groups in total. The van der Waals surface area contributed by atoms with Crippen LogP contribution in [-0.2, 0) is 9.53 Å². The van der Waals surface area contributed by atoms with Gasteiger partial charge in [0.1, 0.15) is 11.6 Å². The van der Waals surface area contributed by atoms with Crippen LogP contribution in [0.25, 0.3) is 0 Å². The summed E-state index contributed by atoms with van der Waals surface area (Å²) in [7, 11) is 0. The number of carbonyl (C=O) groups excluding carboxylic acids is 1. The fraction of sp³-hybridized carbons (Fsp3) is 0.462. The molecular formula is C13H16FNO3. The molecular weight excluding hydrogens is 237 g/mol. The summed E-state index contributed by atoms with van der Waals surface area (Å²) in [5, 5.41) is 0. The molecule has 18 heavy (non-hydrogen) atoms. The second-order valence-electron chi connectivity index (χ2n) is 4.19. The number of hydrogen-bond acceptors (Lipinski definition) is 3. The average Bonchev–Trinajstić information content (AvgIpc) is 2.40. The van der Waals surface area contributed by atoms with Crippen molar-refractivity contribution < 1.29 is 18.7 Å². The monoisotopic (exact) mass is 253 g/mol. The molecule has 98 valence electrons. The lowest BCUT2D eigenvalue weighted by atomic mass is 10.2. The van der Waals surface area contributed by atoms with E-state index in [2.05, 4.69) is 0 Å². The third-order valence-corrected chi connectivity index (χ3v) is 2.87. The van der Waals surface area contributed by atoms with Gasteiger partial charge in [-0.25, -0.2) is 4.39 Å². The van der Waals surface area contributed by atoms with Crippen molar-refractivity contribution in [2.24, 2.45) is 0 Å². The van der Waals surface area contributed by atoms with Gasteiger partial charge < -0.3 is 14.4 Å². The molecule has 4 nitrogen and oxygen atoms in total. The predicted molar refractivity (Wildman–Crippen MR) is 64.0 cm³/mol. The summed E-state index contributed by atoms with van der Waals surface area (Å²) >= 11 is 0. The SMILES string of the molecule is Cc1ccc(F)cc1OCC(=O)N1CCOCC1. The van der Waals surface area contributed by atoms with Gasteiger partial charge in [-0.3, -0.25) is 4.79 Å². The summed E-state index contributed by atoms with van der Waals surface area (Å²) in [5.41, 5.74) is 0.811. The van der Waals surface area contributed by atoms with E-state index in [1.54, 1.807) is 11.0 Å². The van der Waals surface area contributed by atoms with Gasteiger partial charge in [0.2, 0.25) is 0 Å². The lowest BCUT2D eigenvalue weighted by Gasteiger charge is -2.26. The van der Waals surface area contributed by atoms with Crippen LogP contribution in [-0.4, -0.2) is 43.7 Å². The van der Waals surface area contributed by atoms with Crippen molar-refractivity contribution >= 4 is 5.91 Å². The molecule has 1 aromatic rings. The van der Waals surface area contributed by atoms with Crippen molar-refractivity contribution in [3.63, 3.8) is 0 Å². The van der Waals surface area contributed by atoms with Gasteiger partial charge >= 0.3 is 0 Å². The van der Waals surface area contributed by atoms with E-state index in [9.17, 15) is 9.18 Å². The minimum Gasteiger partial charge on any atom is -0.483 e. The van der Waals surface area contributed by atoms with Gasteiger partial charge in [-0.1, -0.05) is 6.07 Å². The second-order valence-corrected chi connectivity index (χ2v) is 4.19. The average molecular weight is 253 g/mol. The van der Waals surface area contributed by atoms with Gasteiger partial charge in [-0.2, -0.15) is 0 Å². The van der Waals surface area contributed by atoms with E-state index in [0.717, 1.165) is 5.56 Å². The minimum absolute atomic E-state index is 0.0652. The van der Waals surface area contributed by atoms with Crippen molar-refractivity contribution in [2.75, 3.05) is 32.9 Å². The number of nitrogens with zero attached hydrogens (tertiary/aromatic N) is 1. The largest absolute Gasteiger partial charge is 0.483 e. The molecule has 0 radical (unpaired) electrons. The van der Waals surface area contributed by atoms with Crippen LogP contribution in [0.1, 0.15) is 5.56 Å². The smallest absolute Gasteiger partial charge is 0.260 e. The molecule has 0 atom stereocenters. The molecule has 1 saturated heterocycles. The van der Waals surface area contributed by atoms with Crippen molar-refractivity contribution in [1.29, 1.82) is 0 Å². The highest BCUT2D eigenvalue weighted by Gasteiger charge is 2.17. The zero-order chi connectivity index (χ0) is 13.0. The van der Waals surface area contributed by atoms with Gasteiger partial charge in [0.15, 0.2) is 6.61 Å². The van der Waals surface area contributed by atoms with Crippen LogP contribution in [0.3, 0.4) is 0 Å². The second kappa shape index (κ2) is 5.82. The Bertz CT molecular complexity index is 430. The van der Waals surface area contributed by atoms with E-state index in [1.165, 1.54) is 12.1 Å². The number of halogens is 1. The van der Waals surface area contributed by atoms with Crippen LogP contribution >= 0.6 is 0 Å². The first-order chi connectivity index (χ1) is 8.66. The van der Waals surface area contributed by atoms with E-state index in [4.69, 9.17) is 9.47 Å². The maximum absolute atomic E-state index is 13.0. The molecule has 1 fully saturated rings. The Kier molecular flexibility index (Phi) is 4.15. The van der Waals surface area contributed by atoms with Crippen LogP contribution in [0.2, 0.25) is 0 Å². The number of hydrogen-bond donors (Lipinski definition) is 0. The summed E-state index contributed by atoms with van der Waals surface area (Å²) in [4.78, 5) is 13.5. The molecule has 0 aromatic heterocycles. The zero-order valence-corrected chi connectivity index (χ0v) is 10.3. The minimum atomic E-state index is -0.366. The van der Waals surface area contributed by atoms with Gasteiger partial charge in [0.25, 0.3) is 5.91 Å². The standard InChI is InChI=1S/C13H16FNO3/c1-10-2-3-11(14)8-12(10)18-9-13(16)15-4-6-17-7-5-15/h2-3,8H,4-7,9H2,1H3. The first-order valence-corrected chi connectivity index (χ1v) is 5.91. The van der Waals surface area contributed by atoms with Crippen LogP contribution < -0.4 is 4.74 Å². The van der Waals surface area contributed by atoms with Crippen molar-refractivity contribution in [2.45, 2.75) is 6.92 Å². The first-order valence-electron chi connectivity index (χ1n) is 5.91. The third-order valence-electron chi connectivity index (χ3n) is 2.87. The van der Waals surface area contributed by atoms with E-state index >= 15 is 0 Å². The number of carbonyl (C=O) groups is 1. The van der Waals surface area contributed by atoms with Gasteiger partial charge in [0.05, 0.1) is 13.2 Å². The topological polar surface area (TPSA) is 38.8 Å². The summed E-state index contributed by atoms with van der Waals surface area (Å²) in [5.74, 6) is -0.0482. The van der Waals surface area contributed by atoms with Crippen molar-refractivity contribution in [3.8, 4) is 5.75 Å². The molecule has 2 rings (SSSR count). The zero-order valence-electron chi connectivity index (χ0n) is 10.3. The van der Waals surface area contributed by atoms with E-state index in [0.29, 0.717) is 32.1 Å². The number of rotatable bonds is 3. The molecule has 0 aliphatic carbocycles. The fourth-order valence-corrected chi connectivity index (χ4v) is 1.77. The van der Waals surface area contributed by atoms with E-state index in [1.807, 2.05) is 6.92 Å². The Labute approximate surface area is 105 Å². The van der Waals surface area contributed by atoms with Crippen LogP contribution in [0.4, 0.5) is 4.39 Å². The number of amides is 1. The van der Waals surface area contributed by atoms with Crippen LogP contribution in [0, 0.1) is 12.7 Å². The lowest BCUT2D eigenvalue weighted by molar-refractivity contribution is -0.137. The number of benzene rings is 1. The van der Waals surface area contributed by atoms with Gasteiger partial charge in [0, 0.05) is 19.2 Å². The molecule has 0 spiro atoms. The predicted octanol–water partition coefficient (Wildman–Crippen LogP) is 1.37. The highest BCUT2D eigenvalue weighted by Crippen LogP contribution is 2.18. The van der Waals surface area contributed by atoms with E-state index < -0.39 is 0 Å². The Morgan fingerprint density at radius 3 is 2.89 bits per heavy atom. The molecule has 0 saturated carbocycles. The maximum atomic E-state index is 13.0. The lowest BCUT2D eigenvalue weighted by Crippen LogP contribution is -2.43. The molecule has 1 aliphatic heterocycles. The molecule has 1 aromatic carbocycles. The summed E-state index contributed by atoms with van der Waals surface area (Å²) < 4.78 is 23.6. The Morgan fingerprint density at radius 1 is 1.44 bits per heavy atom. The molecule has 0 bridgehead atoms. The maximum Gasteiger partial charge on any atom is 0.260 e. The van der Waals surface area contributed by atoms with Crippen LogP contribution in [0.5, 0.6) is 5.75 Å². The number of ether oxygens (including phenoxy) is 2. The molecule has 1 aliphatic rings. The Balaban J connectivity index is 1.90. The molecule has 0 unspecified atom stereocenters. The molecule has 5 heteroatoms. The highest BCUT2D eigenvalue weighted by molar-refractivity contribution is 5.77. The summed E-state index contributed by atoms with van der Waals surface area (Å²) in [6.07, 6.45) is 0. The van der Waals surface area contributed by atoms with Gasteiger partial charge in [-0.15, -0.1) is 0 Å². The van der Waals surface area contributed by atoms with Crippen molar-refractivity contribution in [3.05, 3.63) is 29.6 Å². The highest BCUT2D eigenvalue weighted by atomic mass is 19.1. The number of morpholine rings is 1. The number of aryl methyl sites for hydroxylation is 1. The molecule has 1 heterocycles. The Morgan fingerprint density at radius 2 is 2.17 bits per heavy atom. The first kappa shape index (κ1) is 12.8. The Hall–Kier alpha value is -1.62. The normalized spacial score (nSPS) is 15.6. The van der Waals surface area contributed by atoms with Crippen molar-refractivity contribution in [1.82, 2.24) is 4.90 Å². The summed E-state index contributed by atoms with van der Waals surface area (Å²) in [6.45, 7) is 4.04. The van der Waals surface area contributed by atoms with E-state index in [-0.39, 0.29) is 18.3 Å². The summed E-state index contributed by atoms with van der Waals surface area (Å²) in [6, 6.07) is 4.29. The fourth-order valence-electron chi connectivity index (χ4n) is 1.77. The van der Waals surface area contributed by atoms with Crippen LogP contribution in [0.15, 0.2) is 18.2 Å². The quantitative estimate of drug-likeness (QED) is 0.816.